The highest BCUT2D eigenvalue weighted by Crippen LogP contribution is 2.53. The highest BCUT2D eigenvalue weighted by atomic mass is 16.6. The zero-order valence-corrected chi connectivity index (χ0v) is 25.6. The Labute approximate surface area is 245 Å². The second-order valence-corrected chi connectivity index (χ2v) is 11.7. The Morgan fingerprint density at radius 1 is 0.810 bits per heavy atom. The van der Waals surface area contributed by atoms with Crippen molar-refractivity contribution in [2.24, 2.45) is 17.3 Å². The number of carbonyl (C=O) groups is 7. The van der Waals surface area contributed by atoms with Crippen molar-refractivity contribution in [3.63, 3.8) is 0 Å². The summed E-state index contributed by atoms with van der Waals surface area (Å²) in [5.41, 5.74) is -5.27. The summed E-state index contributed by atoms with van der Waals surface area (Å²) in [6, 6.07) is 0. The van der Waals surface area contributed by atoms with Crippen LogP contribution >= 0.6 is 0 Å². The lowest BCUT2D eigenvalue weighted by molar-refractivity contribution is -0.189. The Morgan fingerprint density at radius 3 is 1.81 bits per heavy atom. The van der Waals surface area contributed by atoms with Gasteiger partial charge < -0.3 is 23.7 Å². The van der Waals surface area contributed by atoms with E-state index < -0.39 is 88.8 Å². The number of allylic oxidation sites excluding steroid dienone is 2. The molecule has 0 radical (unpaired) electrons. The normalized spacial score (nSPS) is 33.6. The first-order valence-corrected chi connectivity index (χ1v) is 13.5. The molecule has 2 aliphatic carbocycles. The van der Waals surface area contributed by atoms with E-state index in [1.54, 1.807) is 13.8 Å². The predicted molar refractivity (Wildman–Crippen MR) is 145 cm³/mol. The molecule has 0 aromatic carbocycles. The second-order valence-electron chi connectivity index (χ2n) is 11.7. The fourth-order valence-electron chi connectivity index (χ4n) is 5.80. The van der Waals surface area contributed by atoms with Crippen LogP contribution in [0.4, 0.5) is 0 Å². The van der Waals surface area contributed by atoms with Crippen LogP contribution in [0.3, 0.4) is 0 Å². The summed E-state index contributed by atoms with van der Waals surface area (Å²) in [5, 5.41) is 0. The number of carbonyl (C=O) groups excluding carboxylic acids is 7. The van der Waals surface area contributed by atoms with E-state index in [-0.39, 0.29) is 17.8 Å². The van der Waals surface area contributed by atoms with Crippen molar-refractivity contribution in [1.82, 2.24) is 0 Å². The van der Waals surface area contributed by atoms with E-state index in [4.69, 9.17) is 23.7 Å². The molecule has 0 aromatic heterocycles. The summed E-state index contributed by atoms with van der Waals surface area (Å²) in [6.07, 6.45) is -2.41. The largest absolute Gasteiger partial charge is 0.458 e. The molecule has 0 unspecified atom stereocenters. The van der Waals surface area contributed by atoms with Gasteiger partial charge in [-0.25, -0.2) is 0 Å². The van der Waals surface area contributed by atoms with E-state index >= 15 is 0 Å². The quantitative estimate of drug-likeness (QED) is 0.261. The topological polar surface area (TPSA) is 166 Å². The molecule has 12 heteroatoms. The number of hydrogen-bond acceptors (Lipinski definition) is 12. The lowest BCUT2D eigenvalue weighted by Gasteiger charge is -2.41. The monoisotopic (exact) mass is 592 g/mol. The van der Waals surface area contributed by atoms with Crippen LogP contribution in [0.5, 0.6) is 0 Å². The van der Waals surface area contributed by atoms with Crippen molar-refractivity contribution in [2.75, 3.05) is 0 Å². The van der Waals surface area contributed by atoms with Crippen molar-refractivity contribution >= 4 is 41.4 Å². The van der Waals surface area contributed by atoms with Gasteiger partial charge in [-0.15, -0.1) is 0 Å². The van der Waals surface area contributed by atoms with Crippen molar-refractivity contribution in [1.29, 1.82) is 0 Å². The number of rotatable bonds is 5. The molecule has 12 nitrogen and oxygen atoms in total. The van der Waals surface area contributed by atoms with E-state index in [1.807, 2.05) is 0 Å². The second kappa shape index (κ2) is 12.6. The minimum Gasteiger partial charge on any atom is -0.458 e. The van der Waals surface area contributed by atoms with Gasteiger partial charge in [0, 0.05) is 64.4 Å². The Kier molecular flexibility index (Phi) is 10.3. The maximum Gasteiger partial charge on any atom is 0.303 e. The summed E-state index contributed by atoms with van der Waals surface area (Å²) in [7, 11) is 0. The fourth-order valence-corrected chi connectivity index (χ4v) is 5.80. The zero-order chi connectivity index (χ0) is 32.4. The molecule has 7 atom stereocenters. The molecule has 232 valence electrons. The number of ketones is 2. The molecule has 0 saturated heterocycles. The highest BCUT2D eigenvalue weighted by Gasteiger charge is 2.71. The molecule has 2 rings (SSSR count). The van der Waals surface area contributed by atoms with E-state index in [0.717, 1.165) is 34.6 Å². The zero-order valence-electron chi connectivity index (χ0n) is 25.6. The van der Waals surface area contributed by atoms with E-state index in [0.29, 0.717) is 0 Å². The summed E-state index contributed by atoms with van der Waals surface area (Å²) in [6.45, 7) is 15.6. The SMILES string of the molecule is C=C1[C@@H](OC(C)=O)CC(=O)C(C)(C)/C=C/[C@H](C)C(=O)[C@]2(OC(C)=O)C[C@](C)(OC(C)=O)[C@@H](OC(C)=O)[C@H]2[C@@H]1OC(C)=O. The van der Waals surface area contributed by atoms with Gasteiger partial charge in [-0.1, -0.05) is 25.7 Å². The van der Waals surface area contributed by atoms with Crippen LogP contribution in [-0.2, 0) is 57.2 Å². The van der Waals surface area contributed by atoms with Gasteiger partial charge in [0.25, 0.3) is 0 Å². The molecule has 0 aromatic rings. The van der Waals surface area contributed by atoms with Gasteiger partial charge >= 0.3 is 29.8 Å². The average molecular weight is 593 g/mol. The Morgan fingerprint density at radius 2 is 1.33 bits per heavy atom. The van der Waals surface area contributed by atoms with Crippen molar-refractivity contribution in [3.8, 4) is 0 Å². The van der Waals surface area contributed by atoms with Gasteiger partial charge in [-0.2, -0.15) is 0 Å². The molecule has 2 aliphatic rings. The van der Waals surface area contributed by atoms with Crippen LogP contribution in [0.1, 0.15) is 75.2 Å². The Hall–Kier alpha value is -3.83. The minimum atomic E-state index is -2.21. The summed E-state index contributed by atoms with van der Waals surface area (Å²) in [4.78, 5) is 89.9. The average Bonchev–Trinajstić information content (AvgIpc) is 3.04. The molecule has 0 N–H and O–H groups in total. The van der Waals surface area contributed by atoms with Crippen molar-refractivity contribution in [3.05, 3.63) is 24.3 Å². The first-order chi connectivity index (χ1) is 19.2. The first kappa shape index (κ1) is 34.4. The maximum absolute atomic E-state index is 14.4. The van der Waals surface area contributed by atoms with Crippen LogP contribution in [0.15, 0.2) is 24.3 Å². The van der Waals surface area contributed by atoms with Gasteiger partial charge in [0.05, 0.1) is 5.92 Å². The van der Waals surface area contributed by atoms with Crippen LogP contribution in [-0.4, -0.2) is 70.9 Å². The van der Waals surface area contributed by atoms with Gasteiger partial charge in [0.1, 0.15) is 18.0 Å². The molecular formula is C30H40O12. The number of esters is 5. The predicted octanol–water partition coefficient (Wildman–Crippen LogP) is 2.74. The van der Waals surface area contributed by atoms with Crippen molar-refractivity contribution in [2.45, 2.75) is 105 Å². The summed E-state index contributed by atoms with van der Waals surface area (Å²) < 4.78 is 28.3. The fraction of sp³-hybridized carbons (Fsp3) is 0.633. The van der Waals surface area contributed by atoms with Crippen LogP contribution < -0.4 is 0 Å². The molecule has 42 heavy (non-hydrogen) atoms. The number of fused-ring (bicyclic) bond motifs is 1. The molecular weight excluding hydrogens is 552 g/mol. The lowest BCUT2D eigenvalue weighted by Crippen LogP contribution is -2.57. The molecule has 1 saturated carbocycles. The molecule has 0 amide bonds. The van der Waals surface area contributed by atoms with E-state index in [9.17, 15) is 33.6 Å². The smallest absolute Gasteiger partial charge is 0.303 e. The third-order valence-electron chi connectivity index (χ3n) is 7.50. The molecule has 0 bridgehead atoms. The lowest BCUT2D eigenvalue weighted by atomic mass is 9.73. The van der Waals surface area contributed by atoms with Gasteiger partial charge in [-0.3, -0.25) is 33.6 Å². The molecule has 0 heterocycles. The Balaban J connectivity index is 3.09. The molecule has 0 spiro atoms. The van der Waals surface area contributed by atoms with E-state index in [1.165, 1.54) is 26.0 Å². The van der Waals surface area contributed by atoms with Crippen LogP contribution in [0, 0.1) is 17.3 Å². The van der Waals surface area contributed by atoms with Crippen LogP contribution in [0.2, 0.25) is 0 Å². The Bertz CT molecular complexity index is 1210. The maximum atomic E-state index is 14.4. The van der Waals surface area contributed by atoms with Gasteiger partial charge in [0.15, 0.2) is 23.1 Å². The van der Waals surface area contributed by atoms with Gasteiger partial charge in [0.2, 0.25) is 0 Å². The summed E-state index contributed by atoms with van der Waals surface area (Å²) >= 11 is 0. The minimum absolute atomic E-state index is 0.139. The number of hydrogen-bond donors (Lipinski definition) is 0. The standard InChI is InChI=1S/C30H40O12/c1-15-11-12-28(8,9)23(36)13-22(38-17(3)31)16(2)25(39-18(4)32)24-27(40-19(5)33)29(10,41-20(6)34)14-30(24,26(15)37)42-21(7)35/h11-12,15,22,24-25,27H,2,13-14H2,1,3-10H3/b12-11+/t15-,22-,24+,25+,27-,29-,30-/m0/s1. The first-order valence-electron chi connectivity index (χ1n) is 13.5. The summed E-state index contributed by atoms with van der Waals surface area (Å²) in [5.74, 6) is -7.81. The van der Waals surface area contributed by atoms with Crippen molar-refractivity contribution < 1.29 is 57.2 Å². The van der Waals surface area contributed by atoms with Crippen LogP contribution in [0.25, 0.3) is 0 Å². The third-order valence-corrected chi connectivity index (χ3v) is 7.50. The van der Waals surface area contributed by atoms with Gasteiger partial charge in [-0.05, 0) is 20.8 Å². The third kappa shape index (κ3) is 7.32. The molecule has 1 fully saturated rings. The van der Waals surface area contributed by atoms with E-state index in [2.05, 4.69) is 6.58 Å². The molecule has 0 aliphatic heterocycles. The number of Topliss-reactive ketones (excluding diaryl/α,β-unsaturated/α-hetero) is 2. The highest BCUT2D eigenvalue weighted by molar-refractivity contribution is 5.94. The number of ether oxygens (including phenoxy) is 5.